The molecule has 0 aliphatic rings. The van der Waals surface area contributed by atoms with Crippen molar-refractivity contribution >= 4 is 17.2 Å². The lowest BCUT2D eigenvalue weighted by Gasteiger charge is -2.22. The highest BCUT2D eigenvalue weighted by atomic mass is 32.1. The van der Waals surface area contributed by atoms with Gasteiger partial charge < -0.3 is 10.4 Å². The predicted molar refractivity (Wildman–Crippen MR) is 70.4 cm³/mol. The van der Waals surface area contributed by atoms with Crippen LogP contribution in [0.2, 0.25) is 0 Å². The van der Waals surface area contributed by atoms with Gasteiger partial charge in [0, 0.05) is 11.4 Å². The van der Waals surface area contributed by atoms with Crippen molar-refractivity contribution in [1.82, 2.24) is 10.2 Å². The van der Waals surface area contributed by atoms with Crippen molar-refractivity contribution in [2.45, 2.75) is 25.2 Å². The minimum absolute atomic E-state index is 0.191. The Kier molecular flexibility index (Phi) is 5.97. The molecule has 0 bridgehead atoms. The number of nitrogens with zero attached hydrogens (tertiary/aromatic N) is 1. The van der Waals surface area contributed by atoms with Crippen molar-refractivity contribution in [2.75, 3.05) is 20.1 Å². The van der Waals surface area contributed by atoms with E-state index >= 15 is 0 Å². The molecule has 1 aromatic rings. The van der Waals surface area contributed by atoms with E-state index in [1.807, 2.05) is 17.5 Å². The van der Waals surface area contributed by atoms with Crippen molar-refractivity contribution in [1.29, 1.82) is 0 Å². The fourth-order valence-corrected chi connectivity index (χ4v) is 2.34. The van der Waals surface area contributed by atoms with Gasteiger partial charge in [-0.2, -0.15) is 13.2 Å². The number of carbonyl (C=O) groups is 1. The Labute approximate surface area is 119 Å². The van der Waals surface area contributed by atoms with E-state index in [1.165, 1.54) is 18.4 Å². The molecule has 1 rings (SSSR count). The Bertz CT molecular complexity index is 423. The molecule has 0 radical (unpaired) electrons. The van der Waals surface area contributed by atoms with Gasteiger partial charge in [0.2, 0.25) is 5.91 Å². The van der Waals surface area contributed by atoms with Crippen LogP contribution in [0.15, 0.2) is 17.5 Å². The summed E-state index contributed by atoms with van der Waals surface area (Å²) in [6, 6.07) is 3.53. The summed E-state index contributed by atoms with van der Waals surface area (Å²) < 4.78 is 36.5. The third kappa shape index (κ3) is 5.48. The SMILES string of the molecule is CC(NC(=O)CN(C)CC(O)C(F)(F)F)c1cccs1. The van der Waals surface area contributed by atoms with Crippen LogP contribution in [0, 0.1) is 0 Å². The molecular weight excluding hydrogens is 293 g/mol. The summed E-state index contributed by atoms with van der Waals surface area (Å²) in [5, 5.41) is 13.5. The second-order valence-electron chi connectivity index (χ2n) is 4.56. The van der Waals surface area contributed by atoms with E-state index in [1.54, 1.807) is 6.92 Å². The zero-order chi connectivity index (χ0) is 15.3. The first-order valence-electron chi connectivity index (χ1n) is 5.96. The van der Waals surface area contributed by atoms with Gasteiger partial charge in [0.05, 0.1) is 12.6 Å². The molecule has 2 atom stereocenters. The monoisotopic (exact) mass is 310 g/mol. The quantitative estimate of drug-likeness (QED) is 0.842. The smallest absolute Gasteiger partial charge is 0.382 e. The second kappa shape index (κ2) is 7.05. The highest BCUT2D eigenvalue weighted by Gasteiger charge is 2.38. The molecule has 0 fully saturated rings. The van der Waals surface area contributed by atoms with Gasteiger partial charge in [-0.1, -0.05) is 6.07 Å². The zero-order valence-corrected chi connectivity index (χ0v) is 12.0. The highest BCUT2D eigenvalue weighted by Crippen LogP contribution is 2.20. The summed E-state index contributed by atoms with van der Waals surface area (Å²) in [7, 11) is 1.35. The number of aliphatic hydroxyl groups excluding tert-OH is 1. The number of amides is 1. The van der Waals surface area contributed by atoms with E-state index in [-0.39, 0.29) is 18.5 Å². The molecule has 0 aliphatic heterocycles. The molecule has 4 nitrogen and oxygen atoms in total. The minimum atomic E-state index is -4.67. The second-order valence-corrected chi connectivity index (χ2v) is 5.54. The summed E-state index contributed by atoms with van der Waals surface area (Å²) >= 11 is 1.49. The molecule has 114 valence electrons. The first kappa shape index (κ1) is 16.9. The Morgan fingerprint density at radius 3 is 2.70 bits per heavy atom. The molecule has 2 N–H and O–H groups in total. The van der Waals surface area contributed by atoms with Crippen LogP contribution < -0.4 is 5.32 Å². The van der Waals surface area contributed by atoms with Crippen molar-refractivity contribution in [3.05, 3.63) is 22.4 Å². The molecule has 8 heteroatoms. The maximum absolute atomic E-state index is 12.2. The van der Waals surface area contributed by atoms with Crippen LogP contribution in [0.25, 0.3) is 0 Å². The van der Waals surface area contributed by atoms with Crippen molar-refractivity contribution in [3.8, 4) is 0 Å². The highest BCUT2D eigenvalue weighted by molar-refractivity contribution is 7.10. The van der Waals surface area contributed by atoms with Crippen LogP contribution in [-0.2, 0) is 4.79 Å². The number of thiophene rings is 1. The third-order valence-electron chi connectivity index (χ3n) is 2.62. The van der Waals surface area contributed by atoms with Crippen LogP contribution in [0.3, 0.4) is 0 Å². The van der Waals surface area contributed by atoms with E-state index in [4.69, 9.17) is 5.11 Å². The summed E-state index contributed by atoms with van der Waals surface area (Å²) in [6.45, 7) is 0.960. The number of hydrogen-bond acceptors (Lipinski definition) is 4. The minimum Gasteiger partial charge on any atom is -0.382 e. The normalized spacial score (nSPS) is 15.2. The fourth-order valence-electron chi connectivity index (χ4n) is 1.60. The van der Waals surface area contributed by atoms with Gasteiger partial charge >= 0.3 is 6.18 Å². The summed E-state index contributed by atoms with van der Waals surface area (Å²) in [5.41, 5.74) is 0. The van der Waals surface area contributed by atoms with Crippen LogP contribution in [0.5, 0.6) is 0 Å². The molecule has 2 unspecified atom stereocenters. The number of alkyl halides is 3. The van der Waals surface area contributed by atoms with Crippen molar-refractivity contribution in [3.63, 3.8) is 0 Å². The van der Waals surface area contributed by atoms with Gasteiger partial charge in [0.25, 0.3) is 0 Å². The number of likely N-dealkylation sites (N-methyl/N-ethyl adjacent to an activating group) is 1. The molecule has 0 saturated heterocycles. The van der Waals surface area contributed by atoms with Gasteiger partial charge in [-0.15, -0.1) is 11.3 Å². The summed E-state index contributed by atoms with van der Waals surface area (Å²) in [4.78, 5) is 13.8. The number of hydrogen-bond donors (Lipinski definition) is 2. The number of aliphatic hydroxyl groups is 1. The van der Waals surface area contributed by atoms with E-state index in [0.29, 0.717) is 0 Å². The van der Waals surface area contributed by atoms with E-state index in [0.717, 1.165) is 9.78 Å². The number of nitrogens with one attached hydrogen (secondary N) is 1. The summed E-state index contributed by atoms with van der Waals surface area (Å²) in [5.74, 6) is -0.386. The first-order valence-corrected chi connectivity index (χ1v) is 6.84. The number of rotatable bonds is 6. The average molecular weight is 310 g/mol. The Morgan fingerprint density at radius 2 is 2.20 bits per heavy atom. The maximum Gasteiger partial charge on any atom is 0.415 e. The molecular formula is C12H17F3N2O2S. The van der Waals surface area contributed by atoms with Crippen LogP contribution in [-0.4, -0.2) is 48.3 Å². The molecule has 0 aliphatic carbocycles. The van der Waals surface area contributed by atoms with Gasteiger partial charge in [-0.3, -0.25) is 9.69 Å². The molecule has 1 amide bonds. The lowest BCUT2D eigenvalue weighted by molar-refractivity contribution is -0.207. The molecule has 1 aromatic heterocycles. The Hall–Kier alpha value is -1.12. The van der Waals surface area contributed by atoms with Crippen LogP contribution in [0.4, 0.5) is 13.2 Å². The van der Waals surface area contributed by atoms with Gasteiger partial charge in [0.15, 0.2) is 6.10 Å². The average Bonchev–Trinajstić information content (AvgIpc) is 2.80. The standard InChI is InChI=1S/C12H17F3N2O2S/c1-8(9-4-3-5-20-9)16-11(19)7-17(2)6-10(18)12(13,14)15/h3-5,8,10,18H,6-7H2,1-2H3,(H,16,19). The molecule has 0 aromatic carbocycles. The van der Waals surface area contributed by atoms with Crippen molar-refractivity contribution in [2.24, 2.45) is 0 Å². The topological polar surface area (TPSA) is 52.6 Å². The van der Waals surface area contributed by atoms with E-state index < -0.39 is 18.8 Å². The van der Waals surface area contributed by atoms with Crippen molar-refractivity contribution < 1.29 is 23.1 Å². The number of halogens is 3. The molecule has 0 saturated carbocycles. The largest absolute Gasteiger partial charge is 0.415 e. The van der Waals surface area contributed by atoms with Gasteiger partial charge in [0.1, 0.15) is 0 Å². The van der Waals surface area contributed by atoms with Crippen LogP contribution in [0.1, 0.15) is 17.8 Å². The fraction of sp³-hybridized carbons (Fsp3) is 0.583. The Morgan fingerprint density at radius 1 is 1.55 bits per heavy atom. The molecule has 20 heavy (non-hydrogen) atoms. The van der Waals surface area contributed by atoms with Crippen LogP contribution >= 0.6 is 11.3 Å². The van der Waals surface area contributed by atoms with E-state index in [9.17, 15) is 18.0 Å². The Balaban J connectivity index is 2.38. The molecule has 1 heterocycles. The summed E-state index contributed by atoms with van der Waals surface area (Å²) in [6.07, 6.45) is -7.12. The van der Waals surface area contributed by atoms with Gasteiger partial charge in [-0.05, 0) is 25.4 Å². The third-order valence-corrected chi connectivity index (χ3v) is 3.68. The van der Waals surface area contributed by atoms with Gasteiger partial charge in [-0.25, -0.2) is 0 Å². The lowest BCUT2D eigenvalue weighted by atomic mass is 10.2. The number of carbonyl (C=O) groups excluding carboxylic acids is 1. The first-order chi connectivity index (χ1) is 9.20. The molecule has 0 spiro atoms. The van der Waals surface area contributed by atoms with E-state index in [2.05, 4.69) is 5.32 Å². The zero-order valence-electron chi connectivity index (χ0n) is 11.1. The lowest BCUT2D eigenvalue weighted by Crippen LogP contribution is -2.43. The predicted octanol–water partition coefficient (Wildman–Crippen LogP) is 1.78. The maximum atomic E-state index is 12.2.